The number of aromatic nitrogens is 2. The third-order valence-corrected chi connectivity index (χ3v) is 3.83. The van der Waals surface area contributed by atoms with Crippen LogP contribution >= 0.6 is 0 Å². The molecule has 0 aliphatic rings. The summed E-state index contributed by atoms with van der Waals surface area (Å²) in [5.74, 6) is 0.145. The van der Waals surface area contributed by atoms with Crippen LogP contribution < -0.4 is 0 Å². The molecule has 0 spiro atoms. The number of hydrogen-bond acceptors (Lipinski definition) is 3. The van der Waals surface area contributed by atoms with Gasteiger partial charge in [0.2, 0.25) is 0 Å². The summed E-state index contributed by atoms with van der Waals surface area (Å²) in [5.41, 5.74) is 1.93. The maximum atomic E-state index is 11.2. The van der Waals surface area contributed by atoms with E-state index in [4.69, 9.17) is 0 Å². The van der Waals surface area contributed by atoms with Crippen LogP contribution in [0.4, 0.5) is 0 Å². The molecular weight excluding hydrogens is 272 g/mol. The Labute approximate surface area is 121 Å². The Bertz CT molecular complexity index is 658. The molecule has 0 radical (unpaired) electrons. The van der Waals surface area contributed by atoms with E-state index >= 15 is 0 Å². The van der Waals surface area contributed by atoms with E-state index < -0.39 is 9.84 Å². The van der Waals surface area contributed by atoms with E-state index in [1.807, 2.05) is 42.8 Å². The Hall–Kier alpha value is -1.36. The lowest BCUT2D eigenvalue weighted by Gasteiger charge is -2.06. The first kappa shape index (κ1) is 16.7. The van der Waals surface area contributed by atoms with Gasteiger partial charge in [-0.3, -0.25) is 4.68 Å². The van der Waals surface area contributed by atoms with E-state index in [9.17, 15) is 8.42 Å². The molecular formula is C15H24N2O2S. The van der Waals surface area contributed by atoms with Gasteiger partial charge in [-0.05, 0) is 19.9 Å². The van der Waals surface area contributed by atoms with Crippen LogP contribution in [0.5, 0.6) is 0 Å². The second-order valence-corrected chi connectivity index (χ2v) is 7.14. The molecule has 0 atom stereocenters. The normalized spacial score (nSPS) is 11.5. The van der Waals surface area contributed by atoms with E-state index in [1.54, 1.807) is 0 Å². The minimum Gasteiger partial charge on any atom is -0.262 e. The first-order valence-electron chi connectivity index (χ1n) is 7.02. The van der Waals surface area contributed by atoms with Crippen LogP contribution in [0.2, 0.25) is 0 Å². The summed E-state index contributed by atoms with van der Waals surface area (Å²) in [6, 6.07) is 8.22. The van der Waals surface area contributed by atoms with Crippen molar-refractivity contribution in [2.75, 3.05) is 12.0 Å². The largest absolute Gasteiger partial charge is 0.262 e. The molecule has 0 aliphatic carbocycles. The van der Waals surface area contributed by atoms with Crippen LogP contribution in [0.25, 0.3) is 10.9 Å². The fourth-order valence-corrected chi connectivity index (χ4v) is 2.58. The zero-order valence-electron chi connectivity index (χ0n) is 12.9. The van der Waals surface area contributed by atoms with Gasteiger partial charge in [0.1, 0.15) is 9.84 Å². The molecule has 1 heterocycles. The van der Waals surface area contributed by atoms with Crippen LogP contribution in [0, 0.1) is 0 Å². The minimum absolute atomic E-state index is 0.145. The summed E-state index contributed by atoms with van der Waals surface area (Å²) in [7, 11) is -2.95. The number of benzene rings is 1. The molecule has 4 nitrogen and oxygen atoms in total. The van der Waals surface area contributed by atoms with Crippen molar-refractivity contribution in [1.82, 2.24) is 9.78 Å². The number of aryl methyl sites for hydroxylation is 1. The monoisotopic (exact) mass is 296 g/mol. The van der Waals surface area contributed by atoms with Crippen molar-refractivity contribution in [3.63, 3.8) is 0 Å². The number of sulfone groups is 1. The Kier molecular flexibility index (Phi) is 5.74. The zero-order chi connectivity index (χ0) is 15.3. The first-order chi connectivity index (χ1) is 9.38. The molecule has 0 amide bonds. The maximum absolute atomic E-state index is 11.2. The van der Waals surface area contributed by atoms with Crippen LogP contribution in [0.1, 0.15) is 39.4 Å². The number of nitrogens with zero attached hydrogens (tertiary/aromatic N) is 2. The van der Waals surface area contributed by atoms with Crippen molar-refractivity contribution < 1.29 is 8.42 Å². The second-order valence-electron chi connectivity index (χ2n) is 4.88. The summed E-state index contributed by atoms with van der Waals surface area (Å²) in [5, 5.41) is 5.59. The summed E-state index contributed by atoms with van der Waals surface area (Å²) in [4.78, 5) is 0. The third kappa shape index (κ3) is 4.07. The number of hydrogen-bond donors (Lipinski definition) is 0. The predicted octanol–water partition coefficient (Wildman–Crippen LogP) is 3.23. The molecule has 5 heteroatoms. The number of fused-ring (bicyclic) bond motifs is 1. The molecule has 0 unspecified atom stereocenters. The first-order valence-corrected chi connectivity index (χ1v) is 9.08. The molecule has 2 rings (SSSR count). The Morgan fingerprint density at radius 2 is 1.80 bits per heavy atom. The Balaban J connectivity index is 0.000000956. The molecule has 0 aliphatic heterocycles. The van der Waals surface area contributed by atoms with Crippen molar-refractivity contribution in [2.24, 2.45) is 0 Å². The van der Waals surface area contributed by atoms with Gasteiger partial charge in [0.25, 0.3) is 0 Å². The zero-order valence-corrected chi connectivity index (χ0v) is 13.7. The van der Waals surface area contributed by atoms with E-state index in [0.717, 1.165) is 16.6 Å². The van der Waals surface area contributed by atoms with Gasteiger partial charge in [-0.25, -0.2) is 8.42 Å². The highest BCUT2D eigenvalue weighted by atomic mass is 32.2. The average molecular weight is 296 g/mol. The molecule has 0 fully saturated rings. The Morgan fingerprint density at radius 3 is 2.35 bits per heavy atom. The van der Waals surface area contributed by atoms with Crippen molar-refractivity contribution in [3.05, 3.63) is 30.0 Å². The molecule has 2 aromatic rings. The van der Waals surface area contributed by atoms with Gasteiger partial charge in [-0.1, -0.05) is 32.0 Å². The fraction of sp³-hybridized carbons (Fsp3) is 0.533. The number of para-hydroxylation sites is 1. The van der Waals surface area contributed by atoms with Crippen LogP contribution in [0.15, 0.2) is 24.3 Å². The van der Waals surface area contributed by atoms with Crippen molar-refractivity contribution >= 4 is 20.7 Å². The predicted molar refractivity (Wildman–Crippen MR) is 84.9 cm³/mol. The maximum Gasteiger partial charge on any atom is 0.147 e. The highest BCUT2D eigenvalue weighted by molar-refractivity contribution is 7.90. The molecule has 1 aromatic carbocycles. The van der Waals surface area contributed by atoms with E-state index in [0.29, 0.717) is 6.42 Å². The minimum atomic E-state index is -2.95. The second kappa shape index (κ2) is 6.88. The third-order valence-electron chi connectivity index (χ3n) is 2.89. The summed E-state index contributed by atoms with van der Waals surface area (Å²) < 4.78 is 24.4. The van der Waals surface area contributed by atoms with Gasteiger partial charge in [0, 0.05) is 24.1 Å². The molecule has 1 aromatic heterocycles. The molecule has 0 saturated heterocycles. The summed E-state index contributed by atoms with van der Waals surface area (Å²) in [6.07, 6.45) is 1.73. The van der Waals surface area contributed by atoms with E-state index in [1.165, 1.54) is 6.26 Å². The van der Waals surface area contributed by atoms with Crippen LogP contribution in [-0.4, -0.2) is 30.2 Å². The van der Waals surface area contributed by atoms with E-state index in [-0.39, 0.29) is 11.8 Å². The lowest BCUT2D eigenvalue weighted by Crippen LogP contribution is -2.08. The van der Waals surface area contributed by atoms with Crippen molar-refractivity contribution in [3.8, 4) is 0 Å². The SMILES string of the molecule is CC.CC(C)n1nc(CCS(C)(=O)=O)c2ccccc21. The summed E-state index contributed by atoms with van der Waals surface area (Å²) >= 11 is 0. The highest BCUT2D eigenvalue weighted by Crippen LogP contribution is 2.22. The van der Waals surface area contributed by atoms with E-state index in [2.05, 4.69) is 18.9 Å². The van der Waals surface area contributed by atoms with Crippen molar-refractivity contribution in [1.29, 1.82) is 0 Å². The number of rotatable bonds is 4. The summed E-state index contributed by atoms with van der Waals surface area (Å²) in [6.45, 7) is 8.14. The molecule has 0 saturated carbocycles. The van der Waals surface area contributed by atoms with Crippen LogP contribution in [-0.2, 0) is 16.3 Å². The van der Waals surface area contributed by atoms with Gasteiger partial charge in [0.15, 0.2) is 0 Å². The standard InChI is InChI=1S/C13H18N2O2S.C2H6/c1-10(2)15-13-7-5-4-6-11(13)12(14-15)8-9-18(3,16)17;1-2/h4-7,10H,8-9H2,1-3H3;1-2H3. The van der Waals surface area contributed by atoms with Crippen LogP contribution in [0.3, 0.4) is 0 Å². The molecule has 112 valence electrons. The Morgan fingerprint density at radius 1 is 1.20 bits per heavy atom. The topological polar surface area (TPSA) is 52.0 Å². The van der Waals surface area contributed by atoms with Crippen molar-refractivity contribution in [2.45, 2.75) is 40.2 Å². The fourth-order valence-electron chi connectivity index (χ4n) is 2.02. The van der Waals surface area contributed by atoms with Gasteiger partial charge in [-0.15, -0.1) is 0 Å². The van der Waals surface area contributed by atoms with Gasteiger partial charge in [0.05, 0.1) is 17.0 Å². The lowest BCUT2D eigenvalue weighted by atomic mass is 10.2. The molecule has 0 bridgehead atoms. The van der Waals surface area contributed by atoms with Gasteiger partial charge < -0.3 is 0 Å². The molecule has 20 heavy (non-hydrogen) atoms. The quantitative estimate of drug-likeness (QED) is 0.870. The lowest BCUT2D eigenvalue weighted by molar-refractivity contribution is 0.544. The van der Waals surface area contributed by atoms with Gasteiger partial charge >= 0.3 is 0 Å². The van der Waals surface area contributed by atoms with Gasteiger partial charge in [-0.2, -0.15) is 5.10 Å². The average Bonchev–Trinajstić information content (AvgIpc) is 2.77. The highest BCUT2D eigenvalue weighted by Gasteiger charge is 2.13. The molecule has 0 N–H and O–H groups in total. The smallest absolute Gasteiger partial charge is 0.147 e.